The molecule has 0 bridgehead atoms. The van der Waals surface area contributed by atoms with Crippen molar-refractivity contribution in [3.63, 3.8) is 0 Å². The second-order valence-electron chi connectivity index (χ2n) is 15.6. The zero-order valence-electron chi connectivity index (χ0n) is 37.3. The van der Waals surface area contributed by atoms with Crippen molar-refractivity contribution in [3.05, 3.63) is 60.8 Å². The molecule has 1 unspecified atom stereocenters. The Balaban J connectivity index is 4.45. The van der Waals surface area contributed by atoms with Crippen LogP contribution in [0.3, 0.4) is 0 Å². The number of carbonyl (C=O) groups is 3. The van der Waals surface area contributed by atoms with Gasteiger partial charge in [0.15, 0.2) is 6.10 Å². The van der Waals surface area contributed by atoms with E-state index >= 15 is 0 Å². The summed E-state index contributed by atoms with van der Waals surface area (Å²) >= 11 is 0. The molecule has 0 amide bonds. The number of allylic oxidation sites excluding steroid dienone is 10. The van der Waals surface area contributed by atoms with Crippen LogP contribution in [0, 0.1) is 0 Å². The van der Waals surface area contributed by atoms with E-state index in [1.165, 1.54) is 83.5 Å². The molecule has 0 aromatic carbocycles. The molecule has 0 spiro atoms. The Morgan fingerprint density at radius 2 is 0.684 bits per heavy atom. The summed E-state index contributed by atoms with van der Waals surface area (Å²) in [6, 6.07) is 0. The lowest BCUT2D eigenvalue weighted by atomic mass is 10.1. The maximum absolute atomic E-state index is 12.7. The van der Waals surface area contributed by atoms with E-state index in [1.807, 2.05) is 0 Å². The zero-order chi connectivity index (χ0) is 41.5. The van der Waals surface area contributed by atoms with Crippen molar-refractivity contribution in [3.8, 4) is 0 Å². The molecule has 0 aromatic rings. The van der Waals surface area contributed by atoms with Gasteiger partial charge in [0, 0.05) is 19.3 Å². The summed E-state index contributed by atoms with van der Waals surface area (Å²) < 4.78 is 16.7. The molecule has 0 heterocycles. The van der Waals surface area contributed by atoms with Crippen molar-refractivity contribution < 1.29 is 28.6 Å². The molecular weight excluding hydrogens is 709 g/mol. The van der Waals surface area contributed by atoms with Crippen molar-refractivity contribution in [1.82, 2.24) is 0 Å². The third-order valence-electron chi connectivity index (χ3n) is 9.98. The van der Waals surface area contributed by atoms with Crippen LogP contribution in [0.2, 0.25) is 0 Å². The molecule has 0 fully saturated rings. The van der Waals surface area contributed by atoms with E-state index in [2.05, 4.69) is 81.5 Å². The second-order valence-corrected chi connectivity index (χ2v) is 15.6. The fourth-order valence-electron chi connectivity index (χ4n) is 6.38. The minimum absolute atomic E-state index is 0.0915. The zero-order valence-corrected chi connectivity index (χ0v) is 37.3. The summed E-state index contributed by atoms with van der Waals surface area (Å²) in [5.74, 6) is -0.941. The number of esters is 3. The summed E-state index contributed by atoms with van der Waals surface area (Å²) in [6.07, 6.45) is 54.8. The minimum atomic E-state index is -0.791. The molecule has 0 aliphatic carbocycles. The van der Waals surface area contributed by atoms with Crippen LogP contribution >= 0.6 is 0 Å². The number of ether oxygens (including phenoxy) is 3. The van der Waals surface area contributed by atoms with Crippen LogP contribution in [-0.2, 0) is 28.6 Å². The van der Waals surface area contributed by atoms with E-state index in [4.69, 9.17) is 14.2 Å². The highest BCUT2D eigenvalue weighted by Crippen LogP contribution is 2.13. The molecule has 0 aliphatic rings. The van der Waals surface area contributed by atoms with E-state index in [0.717, 1.165) is 103 Å². The molecule has 0 rings (SSSR count). The Morgan fingerprint density at radius 1 is 0.368 bits per heavy atom. The number of hydrogen-bond acceptors (Lipinski definition) is 6. The Hall–Kier alpha value is -2.89. The maximum atomic E-state index is 12.7. The van der Waals surface area contributed by atoms with Crippen molar-refractivity contribution >= 4 is 17.9 Å². The quantitative estimate of drug-likeness (QED) is 0.0265. The Kier molecular flexibility index (Phi) is 43.5. The Labute approximate surface area is 351 Å². The highest BCUT2D eigenvalue weighted by Gasteiger charge is 2.19. The van der Waals surface area contributed by atoms with Gasteiger partial charge in [-0.3, -0.25) is 14.4 Å². The van der Waals surface area contributed by atoms with Gasteiger partial charge in [0.25, 0.3) is 0 Å². The van der Waals surface area contributed by atoms with E-state index in [-0.39, 0.29) is 31.1 Å². The van der Waals surface area contributed by atoms with Crippen LogP contribution in [0.5, 0.6) is 0 Å². The van der Waals surface area contributed by atoms with Gasteiger partial charge in [-0.05, 0) is 103 Å². The van der Waals surface area contributed by atoms with Crippen LogP contribution in [-0.4, -0.2) is 37.2 Å². The van der Waals surface area contributed by atoms with E-state index < -0.39 is 6.10 Å². The lowest BCUT2D eigenvalue weighted by molar-refractivity contribution is -0.167. The monoisotopic (exact) mass is 797 g/mol. The van der Waals surface area contributed by atoms with E-state index in [9.17, 15) is 14.4 Å². The summed E-state index contributed by atoms with van der Waals surface area (Å²) in [5, 5.41) is 0. The molecule has 0 aromatic heterocycles. The molecule has 6 heteroatoms. The fraction of sp³-hybridized carbons (Fsp3) is 0.745. The highest BCUT2D eigenvalue weighted by molar-refractivity contribution is 5.71. The van der Waals surface area contributed by atoms with Crippen LogP contribution in [0.25, 0.3) is 0 Å². The molecular formula is C51H88O6. The topological polar surface area (TPSA) is 78.9 Å². The SMILES string of the molecule is CC/C=C\C/C=C\C/C=C\CCCCCC(=O)OCC(COC(=O)CCCCCCC/C=C\CCCCCC)OC(=O)CCCCCCC/C=C\CCCCCC. The van der Waals surface area contributed by atoms with Crippen molar-refractivity contribution in [1.29, 1.82) is 0 Å². The Bertz CT molecular complexity index is 1050. The van der Waals surface area contributed by atoms with Gasteiger partial charge in [-0.25, -0.2) is 0 Å². The third-order valence-corrected chi connectivity index (χ3v) is 9.98. The molecule has 0 aliphatic heterocycles. The lowest BCUT2D eigenvalue weighted by Gasteiger charge is -2.18. The van der Waals surface area contributed by atoms with Crippen LogP contribution in [0.4, 0.5) is 0 Å². The van der Waals surface area contributed by atoms with Gasteiger partial charge in [0.1, 0.15) is 13.2 Å². The van der Waals surface area contributed by atoms with Gasteiger partial charge in [0.05, 0.1) is 0 Å². The standard InChI is InChI=1S/C51H88O6/c1-4-7-10-13-16-19-22-25-28-31-34-37-40-43-49(52)55-46-48(57-51(54)45-42-39-36-33-30-27-24-21-18-15-12-9-6-3)47-56-50(53)44-41-38-35-32-29-26-23-20-17-14-11-8-5-2/h7,10,16,19-21,23-25,28,48H,4-6,8-9,11-15,17-18,22,26-27,29-47H2,1-3H3/b10-7-,19-16-,23-20-,24-21-,28-25-. The van der Waals surface area contributed by atoms with Gasteiger partial charge in [-0.15, -0.1) is 0 Å². The minimum Gasteiger partial charge on any atom is -0.462 e. The van der Waals surface area contributed by atoms with Gasteiger partial charge < -0.3 is 14.2 Å². The summed E-state index contributed by atoms with van der Waals surface area (Å²) in [7, 11) is 0. The molecule has 57 heavy (non-hydrogen) atoms. The van der Waals surface area contributed by atoms with Gasteiger partial charge >= 0.3 is 17.9 Å². The number of rotatable bonds is 42. The van der Waals surface area contributed by atoms with E-state index in [1.54, 1.807) is 0 Å². The lowest BCUT2D eigenvalue weighted by Crippen LogP contribution is -2.30. The second kappa shape index (κ2) is 45.8. The first kappa shape index (κ1) is 54.1. The summed E-state index contributed by atoms with van der Waals surface area (Å²) in [5.41, 5.74) is 0. The van der Waals surface area contributed by atoms with Gasteiger partial charge in [0.2, 0.25) is 0 Å². The highest BCUT2D eigenvalue weighted by atomic mass is 16.6. The van der Waals surface area contributed by atoms with Crippen molar-refractivity contribution in [2.45, 2.75) is 232 Å². The summed E-state index contributed by atoms with van der Waals surface area (Å²) in [6.45, 7) is 6.44. The average molecular weight is 797 g/mol. The molecule has 0 saturated heterocycles. The molecule has 1 atom stereocenters. The Morgan fingerprint density at radius 3 is 1.11 bits per heavy atom. The first-order chi connectivity index (χ1) is 28.0. The normalized spacial score (nSPS) is 12.5. The van der Waals surface area contributed by atoms with Crippen molar-refractivity contribution in [2.24, 2.45) is 0 Å². The largest absolute Gasteiger partial charge is 0.462 e. The number of hydrogen-bond donors (Lipinski definition) is 0. The number of carbonyl (C=O) groups excluding carboxylic acids is 3. The predicted octanol–water partition coefficient (Wildman–Crippen LogP) is 15.3. The molecule has 6 nitrogen and oxygen atoms in total. The fourth-order valence-corrected chi connectivity index (χ4v) is 6.38. The summed E-state index contributed by atoms with van der Waals surface area (Å²) in [4.78, 5) is 37.8. The molecule has 0 N–H and O–H groups in total. The molecule has 328 valence electrons. The third kappa shape index (κ3) is 44.1. The maximum Gasteiger partial charge on any atom is 0.306 e. The van der Waals surface area contributed by atoms with Crippen LogP contribution in [0.15, 0.2) is 60.8 Å². The molecule has 0 radical (unpaired) electrons. The first-order valence-electron chi connectivity index (χ1n) is 23.8. The molecule has 0 saturated carbocycles. The first-order valence-corrected chi connectivity index (χ1v) is 23.8. The van der Waals surface area contributed by atoms with Crippen LogP contribution in [0.1, 0.15) is 226 Å². The predicted molar refractivity (Wildman–Crippen MR) is 242 cm³/mol. The smallest absolute Gasteiger partial charge is 0.306 e. The van der Waals surface area contributed by atoms with E-state index in [0.29, 0.717) is 19.3 Å². The average Bonchev–Trinajstić information content (AvgIpc) is 3.21. The number of unbranched alkanes of at least 4 members (excludes halogenated alkanes) is 21. The van der Waals surface area contributed by atoms with Crippen molar-refractivity contribution in [2.75, 3.05) is 13.2 Å². The van der Waals surface area contributed by atoms with Gasteiger partial charge in [-0.1, -0.05) is 165 Å². The van der Waals surface area contributed by atoms with Gasteiger partial charge in [-0.2, -0.15) is 0 Å². The van der Waals surface area contributed by atoms with Crippen LogP contribution < -0.4 is 0 Å².